The molecule has 0 radical (unpaired) electrons. The van der Waals surface area contributed by atoms with E-state index in [-0.39, 0.29) is 0 Å². The van der Waals surface area contributed by atoms with E-state index in [4.69, 9.17) is 19.4 Å². The maximum absolute atomic E-state index is 6.60. The van der Waals surface area contributed by atoms with E-state index >= 15 is 0 Å². The molecule has 0 atom stereocenters. The van der Waals surface area contributed by atoms with Gasteiger partial charge in [0.15, 0.2) is 23.1 Å². The molecule has 3 heterocycles. The highest BCUT2D eigenvalue weighted by molar-refractivity contribution is 6.15. The lowest BCUT2D eigenvalue weighted by molar-refractivity contribution is 0.668. The van der Waals surface area contributed by atoms with Gasteiger partial charge >= 0.3 is 0 Å². The Labute approximate surface area is 258 Å². The molecule has 0 saturated carbocycles. The molecule has 0 fully saturated rings. The summed E-state index contributed by atoms with van der Waals surface area (Å²) in [5, 5.41) is 6.80. The van der Waals surface area contributed by atoms with Gasteiger partial charge in [-0.05, 0) is 33.2 Å². The summed E-state index contributed by atoms with van der Waals surface area (Å²) in [6.45, 7) is 0. The lowest BCUT2D eigenvalue weighted by atomic mass is 9.96. The van der Waals surface area contributed by atoms with Gasteiger partial charge in [-0.1, -0.05) is 127 Å². The maximum Gasteiger partial charge on any atom is 0.166 e. The number of nitrogens with zero attached hydrogens (tertiary/aromatic N) is 4. The van der Waals surface area contributed by atoms with Gasteiger partial charge in [0.2, 0.25) is 0 Å². The van der Waals surface area contributed by atoms with Crippen LogP contribution in [0, 0.1) is 0 Å². The minimum atomic E-state index is 0.547. The van der Waals surface area contributed by atoms with E-state index in [9.17, 15) is 0 Å². The fourth-order valence-electron chi connectivity index (χ4n) is 6.25. The van der Waals surface area contributed by atoms with Crippen molar-refractivity contribution in [3.05, 3.63) is 146 Å². The van der Waals surface area contributed by atoms with Crippen molar-refractivity contribution < 1.29 is 4.42 Å². The molecule has 0 spiro atoms. The summed E-state index contributed by atoms with van der Waals surface area (Å²) in [4.78, 5) is 19.4. The normalized spacial score (nSPS) is 11.6. The maximum atomic E-state index is 6.60. The summed E-state index contributed by atoms with van der Waals surface area (Å²) in [7, 11) is 0. The fraction of sp³-hybridized carbons (Fsp3) is 0. The first-order chi connectivity index (χ1) is 22.3. The zero-order valence-corrected chi connectivity index (χ0v) is 24.1. The van der Waals surface area contributed by atoms with Crippen LogP contribution < -0.4 is 0 Å². The average Bonchev–Trinajstić information content (AvgIpc) is 3.51. The molecule has 210 valence electrons. The zero-order valence-electron chi connectivity index (χ0n) is 24.1. The number of pyridine rings is 1. The molecule has 0 amide bonds. The number of aromatic nitrogens is 4. The third kappa shape index (κ3) is 4.25. The molecule has 5 nitrogen and oxygen atoms in total. The Morgan fingerprint density at radius 2 is 1.04 bits per heavy atom. The smallest absolute Gasteiger partial charge is 0.166 e. The van der Waals surface area contributed by atoms with E-state index in [0.717, 1.165) is 44.2 Å². The molecular weight excluding hydrogens is 552 g/mol. The third-order valence-corrected chi connectivity index (χ3v) is 8.41. The molecule has 9 aromatic rings. The largest absolute Gasteiger partial charge is 0.454 e. The Morgan fingerprint density at radius 1 is 0.422 bits per heavy atom. The first kappa shape index (κ1) is 25.3. The summed E-state index contributed by atoms with van der Waals surface area (Å²) >= 11 is 0. The van der Waals surface area contributed by atoms with Gasteiger partial charge in [0.1, 0.15) is 5.58 Å². The van der Waals surface area contributed by atoms with Gasteiger partial charge in [0.25, 0.3) is 0 Å². The second kappa shape index (κ2) is 10.2. The van der Waals surface area contributed by atoms with Crippen LogP contribution in [0.4, 0.5) is 0 Å². The van der Waals surface area contributed by atoms with E-state index in [0.29, 0.717) is 23.1 Å². The van der Waals surface area contributed by atoms with Crippen LogP contribution in [0.2, 0.25) is 0 Å². The molecule has 5 heteroatoms. The Hall–Kier alpha value is -6.20. The van der Waals surface area contributed by atoms with E-state index in [1.807, 2.05) is 66.9 Å². The Morgan fingerprint density at radius 3 is 1.80 bits per heavy atom. The summed E-state index contributed by atoms with van der Waals surface area (Å²) in [6, 6.07) is 45.8. The average molecular weight is 577 g/mol. The molecule has 0 bridgehead atoms. The van der Waals surface area contributed by atoms with E-state index in [2.05, 4.69) is 77.8 Å². The first-order valence-corrected chi connectivity index (χ1v) is 14.9. The summed E-state index contributed by atoms with van der Waals surface area (Å²) in [6.07, 6.45) is 3.60. The fourth-order valence-corrected chi connectivity index (χ4v) is 6.25. The predicted molar refractivity (Wildman–Crippen MR) is 182 cm³/mol. The van der Waals surface area contributed by atoms with Crippen LogP contribution in [0.3, 0.4) is 0 Å². The monoisotopic (exact) mass is 576 g/mol. The van der Waals surface area contributed by atoms with Crippen LogP contribution in [0.15, 0.2) is 150 Å². The number of hydrogen-bond donors (Lipinski definition) is 0. The van der Waals surface area contributed by atoms with Crippen LogP contribution in [-0.2, 0) is 0 Å². The molecule has 0 saturated heterocycles. The Bertz CT molecular complexity index is 2480. The number of rotatable bonds is 4. The van der Waals surface area contributed by atoms with Crippen molar-refractivity contribution in [2.75, 3.05) is 0 Å². The van der Waals surface area contributed by atoms with E-state index in [1.165, 1.54) is 21.5 Å². The number of benzene rings is 6. The highest BCUT2D eigenvalue weighted by atomic mass is 16.3. The van der Waals surface area contributed by atoms with Crippen LogP contribution in [0.5, 0.6) is 0 Å². The van der Waals surface area contributed by atoms with Crippen molar-refractivity contribution in [2.24, 2.45) is 0 Å². The SMILES string of the molecule is c1ccc(-c2nc(-c3ccccc3)nc(-c3cncc4oc5c(-c6ccc7ccc8ccccc8c7c6)cccc5c34)n2)cc1. The Balaban J connectivity index is 1.27. The molecule has 0 unspecified atom stereocenters. The van der Waals surface area contributed by atoms with Gasteiger partial charge in [0.05, 0.1) is 6.20 Å². The van der Waals surface area contributed by atoms with Gasteiger partial charge < -0.3 is 4.42 Å². The van der Waals surface area contributed by atoms with Crippen LogP contribution in [0.1, 0.15) is 0 Å². The molecule has 3 aromatic heterocycles. The molecule has 0 aliphatic rings. The molecule has 0 aliphatic heterocycles. The van der Waals surface area contributed by atoms with Gasteiger partial charge in [-0.15, -0.1) is 0 Å². The van der Waals surface area contributed by atoms with E-state index in [1.54, 1.807) is 6.20 Å². The lowest BCUT2D eigenvalue weighted by Gasteiger charge is -2.09. The standard InChI is InChI=1S/C40H24N4O/c1-3-11-27(12-4-1)38-42-39(28-13-5-2-6-14-28)44-40(43-38)34-23-41-24-35-36(34)32-17-9-16-31(37(32)45-35)29-21-20-26-19-18-25-10-7-8-15-30(25)33(26)22-29/h1-24H. The summed E-state index contributed by atoms with van der Waals surface area (Å²) < 4.78 is 6.60. The third-order valence-electron chi connectivity index (χ3n) is 8.41. The molecule has 0 aliphatic carbocycles. The highest BCUT2D eigenvalue weighted by Crippen LogP contribution is 2.40. The van der Waals surface area contributed by atoms with Crippen molar-refractivity contribution in [3.63, 3.8) is 0 Å². The minimum Gasteiger partial charge on any atom is -0.454 e. The van der Waals surface area contributed by atoms with Crippen molar-refractivity contribution in [1.29, 1.82) is 0 Å². The first-order valence-electron chi connectivity index (χ1n) is 14.9. The van der Waals surface area contributed by atoms with Gasteiger partial charge in [-0.2, -0.15) is 0 Å². The quantitative estimate of drug-likeness (QED) is 0.195. The van der Waals surface area contributed by atoms with E-state index < -0.39 is 0 Å². The highest BCUT2D eigenvalue weighted by Gasteiger charge is 2.20. The second-order valence-corrected chi connectivity index (χ2v) is 11.1. The predicted octanol–water partition coefficient (Wildman–Crippen LogP) is 10.1. The van der Waals surface area contributed by atoms with Crippen molar-refractivity contribution in [3.8, 4) is 45.3 Å². The topological polar surface area (TPSA) is 64.7 Å². The molecule has 45 heavy (non-hydrogen) atoms. The number of fused-ring (bicyclic) bond motifs is 6. The van der Waals surface area contributed by atoms with Crippen molar-refractivity contribution in [2.45, 2.75) is 0 Å². The lowest BCUT2D eigenvalue weighted by Crippen LogP contribution is -2.00. The number of furan rings is 1. The molecule has 0 N–H and O–H groups in total. The van der Waals surface area contributed by atoms with Crippen LogP contribution >= 0.6 is 0 Å². The molecular formula is C40H24N4O. The Kier molecular flexibility index (Phi) is 5.74. The van der Waals surface area contributed by atoms with Crippen LogP contribution in [0.25, 0.3) is 88.8 Å². The van der Waals surface area contributed by atoms with Gasteiger partial charge in [-0.3, -0.25) is 4.98 Å². The number of para-hydroxylation sites is 1. The molecule has 6 aromatic carbocycles. The number of hydrogen-bond acceptors (Lipinski definition) is 5. The molecule has 9 rings (SSSR count). The van der Waals surface area contributed by atoms with Crippen molar-refractivity contribution >= 4 is 43.5 Å². The minimum absolute atomic E-state index is 0.547. The van der Waals surface area contributed by atoms with Gasteiger partial charge in [0, 0.05) is 39.2 Å². The summed E-state index contributed by atoms with van der Waals surface area (Å²) in [5.74, 6) is 1.76. The summed E-state index contributed by atoms with van der Waals surface area (Å²) in [5.41, 5.74) is 6.24. The van der Waals surface area contributed by atoms with Gasteiger partial charge in [-0.25, -0.2) is 15.0 Å². The second-order valence-electron chi connectivity index (χ2n) is 11.1. The van der Waals surface area contributed by atoms with Crippen LogP contribution in [-0.4, -0.2) is 19.9 Å². The van der Waals surface area contributed by atoms with Crippen molar-refractivity contribution in [1.82, 2.24) is 19.9 Å². The zero-order chi connectivity index (χ0) is 29.7.